The maximum absolute atomic E-state index is 13.2. The number of benzene rings is 2. The molecule has 5 rings (SSSR count). The lowest BCUT2D eigenvalue weighted by molar-refractivity contribution is 0.359. The molecule has 0 saturated heterocycles. The molecule has 3 heterocycles. The molecule has 1 aliphatic rings. The number of hydrogen-bond donors (Lipinski definition) is 1. The summed E-state index contributed by atoms with van der Waals surface area (Å²) >= 11 is 1.41. The van der Waals surface area contributed by atoms with Crippen LogP contribution in [-0.4, -0.2) is 39.7 Å². The second kappa shape index (κ2) is 8.61. The molecule has 166 valence electrons. The van der Waals surface area contributed by atoms with Gasteiger partial charge in [-0.3, -0.25) is 9.69 Å². The van der Waals surface area contributed by atoms with E-state index in [0.29, 0.717) is 16.2 Å². The molecule has 0 atom stereocenters. The van der Waals surface area contributed by atoms with E-state index < -0.39 is 0 Å². The van der Waals surface area contributed by atoms with Gasteiger partial charge in [0.25, 0.3) is 5.56 Å². The van der Waals surface area contributed by atoms with Crippen molar-refractivity contribution in [2.24, 2.45) is 0 Å². The molecule has 2 aromatic carbocycles. The molecule has 0 unspecified atom stereocenters. The highest BCUT2D eigenvalue weighted by Gasteiger charge is 2.27. The van der Waals surface area contributed by atoms with Crippen molar-refractivity contribution in [3.8, 4) is 11.1 Å². The molecule has 5 nitrogen and oxygen atoms in total. The summed E-state index contributed by atoms with van der Waals surface area (Å²) in [6, 6.07) is 16.9. The summed E-state index contributed by atoms with van der Waals surface area (Å²) in [5, 5.41) is 1.13. The largest absolute Gasteiger partial charge is 0.301 e. The Labute approximate surface area is 197 Å². The number of aromatic nitrogens is 3. The second-order valence-electron chi connectivity index (χ2n) is 8.71. The van der Waals surface area contributed by atoms with Crippen LogP contribution in [0.3, 0.4) is 0 Å². The van der Waals surface area contributed by atoms with Gasteiger partial charge in [0.15, 0.2) is 10.8 Å². The number of pyridine rings is 1. The van der Waals surface area contributed by atoms with Gasteiger partial charge in [0.05, 0.1) is 11.1 Å². The topological polar surface area (TPSA) is 61.9 Å². The Morgan fingerprint density at radius 2 is 1.64 bits per heavy atom. The first-order chi connectivity index (χ1) is 15.9. The van der Waals surface area contributed by atoms with E-state index in [1.165, 1.54) is 22.9 Å². The van der Waals surface area contributed by atoms with Crippen LogP contribution in [0.2, 0.25) is 0 Å². The Kier molecular flexibility index (Phi) is 5.64. The predicted molar refractivity (Wildman–Crippen MR) is 137 cm³/mol. The number of rotatable bonds is 3. The summed E-state index contributed by atoms with van der Waals surface area (Å²) in [5.41, 5.74) is 8.98. The van der Waals surface area contributed by atoms with Gasteiger partial charge in [-0.25, -0.2) is 9.97 Å². The molecule has 0 fully saturated rings. The third-order valence-corrected chi connectivity index (χ3v) is 6.64. The maximum Gasteiger partial charge on any atom is 0.261 e. The average Bonchev–Trinajstić information content (AvgIpc) is 2.80. The Bertz CT molecular complexity index is 1440. The van der Waals surface area contributed by atoms with E-state index in [0.717, 1.165) is 46.6 Å². The van der Waals surface area contributed by atoms with Crippen LogP contribution in [-0.2, 0) is 6.54 Å². The molecule has 0 bridgehead atoms. The van der Waals surface area contributed by atoms with Crippen LogP contribution in [0, 0.1) is 13.8 Å². The molecule has 6 heteroatoms. The highest BCUT2D eigenvalue weighted by atomic mass is 32.2. The van der Waals surface area contributed by atoms with E-state index in [1.807, 2.05) is 6.26 Å². The van der Waals surface area contributed by atoms with Crippen LogP contribution in [0.5, 0.6) is 0 Å². The van der Waals surface area contributed by atoms with Crippen molar-refractivity contribution in [3.63, 3.8) is 0 Å². The van der Waals surface area contributed by atoms with E-state index in [-0.39, 0.29) is 5.56 Å². The van der Waals surface area contributed by atoms with E-state index >= 15 is 0 Å². The number of hydrogen-bond acceptors (Lipinski definition) is 5. The van der Waals surface area contributed by atoms with Crippen molar-refractivity contribution >= 4 is 34.4 Å². The second-order valence-corrected chi connectivity index (χ2v) is 9.50. The van der Waals surface area contributed by atoms with Crippen LogP contribution < -0.4 is 5.56 Å². The zero-order valence-electron chi connectivity index (χ0n) is 19.3. The van der Waals surface area contributed by atoms with E-state index in [1.54, 1.807) is 0 Å². The minimum Gasteiger partial charge on any atom is -0.301 e. The van der Waals surface area contributed by atoms with Crippen molar-refractivity contribution in [3.05, 3.63) is 86.8 Å². The summed E-state index contributed by atoms with van der Waals surface area (Å²) in [6.07, 6.45) is 4.11. The van der Waals surface area contributed by atoms with Crippen LogP contribution in [0.15, 0.2) is 58.5 Å². The average molecular weight is 455 g/mol. The molecule has 1 N–H and O–H groups in total. The van der Waals surface area contributed by atoms with Gasteiger partial charge in [0, 0.05) is 24.2 Å². The van der Waals surface area contributed by atoms with Crippen molar-refractivity contribution in [1.29, 1.82) is 0 Å². The quantitative estimate of drug-likeness (QED) is 0.336. The number of nitrogens with zero attached hydrogens (tertiary/aromatic N) is 3. The molecule has 1 aliphatic heterocycles. The Morgan fingerprint density at radius 3 is 2.30 bits per heavy atom. The summed E-state index contributed by atoms with van der Waals surface area (Å²) < 4.78 is 0. The highest BCUT2D eigenvalue weighted by Crippen LogP contribution is 2.38. The molecule has 2 aromatic heterocycles. The van der Waals surface area contributed by atoms with Crippen molar-refractivity contribution in [2.45, 2.75) is 25.5 Å². The van der Waals surface area contributed by atoms with Crippen LogP contribution >= 0.6 is 11.8 Å². The first-order valence-corrected chi connectivity index (χ1v) is 12.2. The maximum atomic E-state index is 13.2. The van der Waals surface area contributed by atoms with Gasteiger partial charge >= 0.3 is 0 Å². The van der Waals surface area contributed by atoms with Gasteiger partial charge in [0.1, 0.15) is 0 Å². The first-order valence-electron chi connectivity index (χ1n) is 11.0. The molecule has 0 saturated carbocycles. The van der Waals surface area contributed by atoms with Gasteiger partial charge in [0.2, 0.25) is 0 Å². The van der Waals surface area contributed by atoms with Gasteiger partial charge in [-0.1, -0.05) is 71.4 Å². The first kappa shape index (κ1) is 21.6. The number of nitrogens with one attached hydrogen (secondary N) is 1. The SMILES string of the molecule is CSc1nc2nc3c(c(-c4ccc(C)cc4)c2c(=O)[nH]1)CN(C)C/C3=C\c1ccc(C)cc1. The lowest BCUT2D eigenvalue weighted by Gasteiger charge is -2.29. The fourth-order valence-corrected chi connectivity index (χ4v) is 4.79. The third-order valence-electron chi connectivity index (χ3n) is 6.06. The van der Waals surface area contributed by atoms with E-state index in [9.17, 15) is 4.79 Å². The number of likely N-dealkylation sites (N-methyl/N-ethyl adjacent to an activating group) is 1. The minimum atomic E-state index is -0.146. The summed E-state index contributed by atoms with van der Waals surface area (Å²) in [7, 11) is 2.11. The number of aryl methyl sites for hydroxylation is 2. The molecule has 0 aliphatic carbocycles. The summed E-state index contributed by atoms with van der Waals surface area (Å²) in [5.74, 6) is 0. The highest BCUT2D eigenvalue weighted by molar-refractivity contribution is 7.98. The summed E-state index contributed by atoms with van der Waals surface area (Å²) in [6.45, 7) is 5.66. The third kappa shape index (κ3) is 4.12. The zero-order valence-corrected chi connectivity index (χ0v) is 20.1. The van der Waals surface area contributed by atoms with Gasteiger partial charge in [-0.05, 0) is 49.9 Å². The lowest BCUT2D eigenvalue weighted by Crippen LogP contribution is -2.28. The normalized spacial score (nSPS) is 15.2. The van der Waals surface area contributed by atoms with Gasteiger partial charge in [-0.15, -0.1) is 0 Å². The fraction of sp³-hybridized carbons (Fsp3) is 0.222. The number of aromatic amines is 1. The Balaban J connectivity index is 1.84. The molecule has 33 heavy (non-hydrogen) atoms. The number of fused-ring (bicyclic) bond motifs is 2. The fourth-order valence-electron chi connectivity index (χ4n) is 4.41. The molecule has 0 amide bonds. The minimum absolute atomic E-state index is 0.146. The Morgan fingerprint density at radius 1 is 0.970 bits per heavy atom. The predicted octanol–water partition coefficient (Wildman–Crippen LogP) is 5.31. The molecule has 0 radical (unpaired) electrons. The molecule has 4 aromatic rings. The van der Waals surface area contributed by atoms with Crippen LogP contribution in [0.4, 0.5) is 0 Å². The lowest BCUT2D eigenvalue weighted by atomic mass is 9.89. The van der Waals surface area contributed by atoms with E-state index in [4.69, 9.17) is 9.97 Å². The summed E-state index contributed by atoms with van der Waals surface area (Å²) in [4.78, 5) is 28.1. The number of H-pyrrole nitrogens is 1. The van der Waals surface area contributed by atoms with Crippen LogP contribution in [0.25, 0.3) is 33.8 Å². The van der Waals surface area contributed by atoms with Crippen molar-refractivity contribution in [2.75, 3.05) is 19.8 Å². The van der Waals surface area contributed by atoms with Crippen molar-refractivity contribution < 1.29 is 0 Å². The zero-order chi connectivity index (χ0) is 23.1. The standard InChI is InChI=1S/C27H26N4OS/c1-16-5-9-18(10-6-16)13-20-14-31(3)15-21-22(19-11-7-17(2)8-12-19)23-25(28-24(20)21)29-27(33-4)30-26(23)32/h5-13H,14-15H2,1-4H3,(H,28,29,30,32)/b20-13+. The van der Waals surface area contributed by atoms with Crippen LogP contribution in [0.1, 0.15) is 27.9 Å². The van der Waals surface area contributed by atoms with Gasteiger partial charge in [-0.2, -0.15) is 0 Å². The number of thioether (sulfide) groups is 1. The van der Waals surface area contributed by atoms with Crippen molar-refractivity contribution in [1.82, 2.24) is 19.9 Å². The Hall–Kier alpha value is -3.22. The molecular weight excluding hydrogens is 428 g/mol. The monoisotopic (exact) mass is 454 g/mol. The molecule has 0 spiro atoms. The van der Waals surface area contributed by atoms with Gasteiger partial charge < -0.3 is 4.98 Å². The molecular formula is C27H26N4OS. The van der Waals surface area contributed by atoms with E-state index in [2.05, 4.69) is 85.4 Å². The smallest absolute Gasteiger partial charge is 0.261 e.